The highest BCUT2D eigenvalue weighted by atomic mass is 16.5. The van der Waals surface area contributed by atoms with Crippen LogP contribution in [0.5, 0.6) is 0 Å². The second-order valence-corrected chi connectivity index (χ2v) is 5.65. The van der Waals surface area contributed by atoms with Crippen LogP contribution in [0.1, 0.15) is 31.2 Å². The third kappa shape index (κ3) is 4.05. The van der Waals surface area contributed by atoms with Gasteiger partial charge in [0.25, 0.3) is 0 Å². The van der Waals surface area contributed by atoms with Crippen LogP contribution in [0.15, 0.2) is 30.3 Å². The Morgan fingerprint density at radius 1 is 1.32 bits per heavy atom. The van der Waals surface area contributed by atoms with Crippen molar-refractivity contribution in [2.75, 3.05) is 26.3 Å². The molecule has 2 rings (SSSR count). The average molecular weight is 258 g/mol. The van der Waals surface area contributed by atoms with E-state index >= 15 is 0 Å². The molecule has 19 heavy (non-hydrogen) atoms. The van der Waals surface area contributed by atoms with Crippen molar-refractivity contribution in [1.29, 1.82) is 5.26 Å². The fourth-order valence-electron chi connectivity index (χ4n) is 2.48. The van der Waals surface area contributed by atoms with Gasteiger partial charge in [0.1, 0.15) is 0 Å². The largest absolute Gasteiger partial charge is 0.381 e. The summed E-state index contributed by atoms with van der Waals surface area (Å²) in [5.74, 6) is -0.0651. The van der Waals surface area contributed by atoms with Crippen LogP contribution < -0.4 is 5.32 Å². The summed E-state index contributed by atoms with van der Waals surface area (Å²) in [5.41, 5.74) is 1.41. The molecule has 0 amide bonds. The number of rotatable bonds is 5. The summed E-state index contributed by atoms with van der Waals surface area (Å²) >= 11 is 0. The van der Waals surface area contributed by atoms with Gasteiger partial charge in [0.2, 0.25) is 0 Å². The van der Waals surface area contributed by atoms with Crippen LogP contribution in [0.4, 0.5) is 0 Å². The van der Waals surface area contributed by atoms with Gasteiger partial charge in [-0.2, -0.15) is 5.26 Å². The van der Waals surface area contributed by atoms with E-state index in [2.05, 4.69) is 18.3 Å². The number of nitrogens with zero attached hydrogens (tertiary/aromatic N) is 1. The molecule has 1 aliphatic rings. The van der Waals surface area contributed by atoms with E-state index in [1.165, 1.54) is 0 Å². The Labute approximate surface area is 115 Å². The Morgan fingerprint density at radius 2 is 2.00 bits per heavy atom. The zero-order valence-corrected chi connectivity index (χ0v) is 11.6. The van der Waals surface area contributed by atoms with Gasteiger partial charge < -0.3 is 10.1 Å². The molecule has 1 aromatic carbocycles. The van der Waals surface area contributed by atoms with E-state index in [1.54, 1.807) is 0 Å². The molecule has 1 heterocycles. The fraction of sp³-hybridized carbons (Fsp3) is 0.562. The Bertz CT molecular complexity index is 418. The van der Waals surface area contributed by atoms with E-state index in [4.69, 9.17) is 4.74 Å². The molecule has 1 unspecified atom stereocenters. The molecule has 1 aromatic rings. The number of hydrogen-bond donors (Lipinski definition) is 1. The van der Waals surface area contributed by atoms with Crippen LogP contribution in [0.2, 0.25) is 0 Å². The maximum Gasteiger partial charge on any atom is 0.0837 e. The van der Waals surface area contributed by atoms with Crippen LogP contribution in [0.25, 0.3) is 0 Å². The minimum Gasteiger partial charge on any atom is -0.381 e. The third-order valence-corrected chi connectivity index (χ3v) is 3.96. The number of nitriles is 1. The van der Waals surface area contributed by atoms with Crippen LogP contribution >= 0.6 is 0 Å². The second-order valence-electron chi connectivity index (χ2n) is 5.65. The lowest BCUT2D eigenvalue weighted by Crippen LogP contribution is -2.38. The first-order valence-corrected chi connectivity index (χ1v) is 6.97. The molecule has 1 atom stereocenters. The summed E-state index contributed by atoms with van der Waals surface area (Å²) in [6.07, 6.45) is 2.20. The number of nitrogens with one attached hydrogen (secondary N) is 1. The van der Waals surface area contributed by atoms with Crippen molar-refractivity contribution < 1.29 is 4.74 Å². The molecule has 1 aliphatic heterocycles. The normalized spacial score (nSPS) is 19.6. The highest BCUT2D eigenvalue weighted by Crippen LogP contribution is 2.28. The first-order chi connectivity index (χ1) is 9.23. The van der Waals surface area contributed by atoms with Crippen LogP contribution in [-0.2, 0) is 4.74 Å². The van der Waals surface area contributed by atoms with Crippen molar-refractivity contribution in [1.82, 2.24) is 5.32 Å². The highest BCUT2D eigenvalue weighted by Gasteiger charge is 2.27. The maximum absolute atomic E-state index is 9.27. The van der Waals surface area contributed by atoms with E-state index in [0.717, 1.165) is 44.7 Å². The van der Waals surface area contributed by atoms with Gasteiger partial charge in [-0.25, -0.2) is 0 Å². The quantitative estimate of drug-likeness (QED) is 0.883. The smallest absolute Gasteiger partial charge is 0.0837 e. The molecule has 3 heteroatoms. The van der Waals surface area contributed by atoms with Crippen molar-refractivity contribution in [3.8, 4) is 6.07 Å². The third-order valence-electron chi connectivity index (χ3n) is 3.96. The van der Waals surface area contributed by atoms with Gasteiger partial charge in [-0.05, 0) is 23.8 Å². The van der Waals surface area contributed by atoms with Gasteiger partial charge in [-0.1, -0.05) is 37.3 Å². The molecule has 0 aromatic heterocycles. The molecule has 0 aliphatic carbocycles. The van der Waals surface area contributed by atoms with Crippen LogP contribution in [0.3, 0.4) is 0 Å². The van der Waals surface area contributed by atoms with Crippen LogP contribution in [0, 0.1) is 16.7 Å². The molecule has 0 radical (unpaired) electrons. The zero-order valence-electron chi connectivity index (χ0n) is 11.6. The second kappa shape index (κ2) is 6.70. The van der Waals surface area contributed by atoms with Crippen molar-refractivity contribution >= 4 is 0 Å². The Balaban J connectivity index is 1.82. The minimum absolute atomic E-state index is 0.0651. The fourth-order valence-corrected chi connectivity index (χ4v) is 2.48. The summed E-state index contributed by atoms with van der Waals surface area (Å²) in [4.78, 5) is 0. The van der Waals surface area contributed by atoms with E-state index in [0.29, 0.717) is 5.41 Å². The van der Waals surface area contributed by atoms with E-state index in [9.17, 15) is 5.26 Å². The van der Waals surface area contributed by atoms with Crippen molar-refractivity contribution in [2.24, 2.45) is 5.41 Å². The van der Waals surface area contributed by atoms with Gasteiger partial charge in [-0.3, -0.25) is 0 Å². The summed E-state index contributed by atoms with van der Waals surface area (Å²) in [6.45, 7) is 5.70. The lowest BCUT2D eigenvalue weighted by Gasteiger charge is -2.34. The highest BCUT2D eigenvalue weighted by molar-refractivity contribution is 5.25. The van der Waals surface area contributed by atoms with Gasteiger partial charge in [0.05, 0.1) is 12.0 Å². The molecule has 0 bridgehead atoms. The SMILES string of the molecule is CC1(CNCC(C#N)c2ccccc2)CCOCC1. The summed E-state index contributed by atoms with van der Waals surface area (Å²) in [7, 11) is 0. The van der Waals surface area contributed by atoms with E-state index < -0.39 is 0 Å². The summed E-state index contributed by atoms with van der Waals surface area (Å²) in [6, 6.07) is 12.4. The lowest BCUT2D eigenvalue weighted by molar-refractivity contribution is 0.0242. The van der Waals surface area contributed by atoms with Crippen molar-refractivity contribution in [2.45, 2.75) is 25.7 Å². The Hall–Kier alpha value is -1.37. The molecule has 1 saturated heterocycles. The maximum atomic E-state index is 9.27. The molecule has 1 fully saturated rings. The standard InChI is InChI=1S/C16H22N2O/c1-16(7-9-19-10-8-16)13-18-12-15(11-17)14-5-3-2-4-6-14/h2-6,15,18H,7-10,12-13H2,1H3. The number of ether oxygens (including phenoxy) is 1. The molecule has 0 spiro atoms. The topological polar surface area (TPSA) is 45.0 Å². The van der Waals surface area contributed by atoms with Crippen LogP contribution in [-0.4, -0.2) is 26.3 Å². The monoisotopic (exact) mass is 258 g/mol. The molecule has 1 N–H and O–H groups in total. The number of benzene rings is 1. The predicted octanol–water partition coefficient (Wildman–Crippen LogP) is 2.70. The molecular formula is C16H22N2O. The van der Waals surface area contributed by atoms with Crippen molar-refractivity contribution in [3.05, 3.63) is 35.9 Å². The number of hydrogen-bond acceptors (Lipinski definition) is 3. The lowest BCUT2D eigenvalue weighted by atomic mass is 9.82. The molecular weight excluding hydrogens is 236 g/mol. The Morgan fingerprint density at radius 3 is 2.63 bits per heavy atom. The molecule has 0 saturated carbocycles. The van der Waals surface area contributed by atoms with E-state index in [1.807, 2.05) is 30.3 Å². The molecule has 102 valence electrons. The minimum atomic E-state index is -0.0651. The van der Waals surface area contributed by atoms with E-state index in [-0.39, 0.29) is 5.92 Å². The molecule has 3 nitrogen and oxygen atoms in total. The van der Waals surface area contributed by atoms with Gasteiger partial charge in [0, 0.05) is 26.3 Å². The average Bonchev–Trinajstić information content (AvgIpc) is 2.45. The predicted molar refractivity (Wildman–Crippen MR) is 75.8 cm³/mol. The van der Waals surface area contributed by atoms with Crippen molar-refractivity contribution in [3.63, 3.8) is 0 Å². The van der Waals surface area contributed by atoms with Gasteiger partial charge in [-0.15, -0.1) is 0 Å². The van der Waals surface area contributed by atoms with Gasteiger partial charge >= 0.3 is 0 Å². The summed E-state index contributed by atoms with van der Waals surface area (Å²) in [5, 5.41) is 12.7. The first kappa shape index (κ1) is 14.0. The summed E-state index contributed by atoms with van der Waals surface area (Å²) < 4.78 is 5.40. The van der Waals surface area contributed by atoms with Gasteiger partial charge in [0.15, 0.2) is 0 Å². The first-order valence-electron chi connectivity index (χ1n) is 6.97. The Kier molecular flexibility index (Phi) is 4.95. The zero-order chi connectivity index (χ0) is 13.6.